The standard InChI is InChI=1S/C16H14FN3O2/c1-12(6-7-13-4-2-3-5-16(13)17)18-19-14-8-10-15(11-9-14)20(21)22/h2-11,19H,1H3. The molecule has 112 valence electrons. The van der Waals surface area contributed by atoms with Crippen LogP contribution in [0.15, 0.2) is 59.7 Å². The number of nitro benzene ring substituents is 1. The molecular weight excluding hydrogens is 285 g/mol. The Labute approximate surface area is 126 Å². The van der Waals surface area contributed by atoms with E-state index in [1.807, 2.05) is 0 Å². The Morgan fingerprint density at radius 1 is 1.23 bits per heavy atom. The molecule has 0 amide bonds. The van der Waals surface area contributed by atoms with Crippen LogP contribution in [0.4, 0.5) is 15.8 Å². The average molecular weight is 299 g/mol. The Morgan fingerprint density at radius 3 is 2.55 bits per heavy atom. The van der Waals surface area contributed by atoms with Crippen molar-refractivity contribution in [3.8, 4) is 0 Å². The maximum atomic E-state index is 13.4. The van der Waals surface area contributed by atoms with Crippen LogP contribution < -0.4 is 5.43 Å². The van der Waals surface area contributed by atoms with Crippen LogP contribution in [0.5, 0.6) is 0 Å². The van der Waals surface area contributed by atoms with Gasteiger partial charge < -0.3 is 0 Å². The molecule has 1 N–H and O–H groups in total. The van der Waals surface area contributed by atoms with Gasteiger partial charge in [0.15, 0.2) is 0 Å². The zero-order valence-corrected chi connectivity index (χ0v) is 11.9. The molecule has 0 aliphatic heterocycles. The van der Waals surface area contributed by atoms with Gasteiger partial charge in [-0.3, -0.25) is 15.5 Å². The molecule has 5 nitrogen and oxygen atoms in total. The van der Waals surface area contributed by atoms with Gasteiger partial charge in [0.05, 0.1) is 16.3 Å². The number of hydrazone groups is 1. The minimum Gasteiger partial charge on any atom is -0.278 e. The summed E-state index contributed by atoms with van der Waals surface area (Å²) in [6.45, 7) is 1.76. The minimum absolute atomic E-state index is 0.0192. The third-order valence-corrected chi connectivity index (χ3v) is 2.85. The van der Waals surface area contributed by atoms with E-state index in [-0.39, 0.29) is 11.5 Å². The Kier molecular flexibility index (Phi) is 4.98. The predicted molar refractivity (Wildman–Crippen MR) is 85.3 cm³/mol. The normalized spacial score (nSPS) is 11.6. The third kappa shape index (κ3) is 4.24. The summed E-state index contributed by atoms with van der Waals surface area (Å²) in [5.41, 5.74) is 4.55. The number of benzene rings is 2. The topological polar surface area (TPSA) is 67.5 Å². The molecule has 0 saturated heterocycles. The van der Waals surface area contributed by atoms with Crippen molar-refractivity contribution in [2.75, 3.05) is 5.43 Å². The lowest BCUT2D eigenvalue weighted by Crippen LogP contribution is -1.95. The number of hydrogen-bond acceptors (Lipinski definition) is 4. The minimum atomic E-state index is -0.463. The highest BCUT2D eigenvalue weighted by molar-refractivity contribution is 5.96. The average Bonchev–Trinajstić information content (AvgIpc) is 2.52. The van der Waals surface area contributed by atoms with Gasteiger partial charge in [0, 0.05) is 17.7 Å². The van der Waals surface area contributed by atoms with Crippen LogP contribution in [0.1, 0.15) is 12.5 Å². The number of nitrogens with one attached hydrogen (secondary N) is 1. The van der Waals surface area contributed by atoms with Crippen molar-refractivity contribution in [1.29, 1.82) is 0 Å². The summed E-state index contributed by atoms with van der Waals surface area (Å²) in [4.78, 5) is 10.1. The van der Waals surface area contributed by atoms with Crippen molar-refractivity contribution in [3.05, 3.63) is 76.1 Å². The highest BCUT2D eigenvalue weighted by atomic mass is 19.1. The fourth-order valence-corrected chi connectivity index (χ4v) is 1.67. The van der Waals surface area contributed by atoms with E-state index >= 15 is 0 Å². The molecular formula is C16H14FN3O2. The highest BCUT2D eigenvalue weighted by Crippen LogP contribution is 2.15. The highest BCUT2D eigenvalue weighted by Gasteiger charge is 2.03. The van der Waals surface area contributed by atoms with E-state index in [0.717, 1.165) is 0 Å². The summed E-state index contributed by atoms with van der Waals surface area (Å²) < 4.78 is 13.4. The first-order valence-electron chi connectivity index (χ1n) is 6.53. The van der Waals surface area contributed by atoms with E-state index in [0.29, 0.717) is 17.0 Å². The number of anilines is 1. The number of hydrogen-bond donors (Lipinski definition) is 1. The summed E-state index contributed by atoms with van der Waals surface area (Å²) in [5.74, 6) is -0.296. The monoisotopic (exact) mass is 299 g/mol. The predicted octanol–water partition coefficient (Wildman–Crippen LogP) is 4.24. The molecule has 2 aromatic rings. The van der Waals surface area contributed by atoms with E-state index in [1.54, 1.807) is 49.4 Å². The van der Waals surface area contributed by atoms with Crippen LogP contribution in [-0.4, -0.2) is 10.6 Å². The molecule has 0 radical (unpaired) electrons. The first-order chi connectivity index (χ1) is 10.6. The second-order valence-corrected chi connectivity index (χ2v) is 4.52. The van der Waals surface area contributed by atoms with Gasteiger partial charge in [-0.15, -0.1) is 0 Å². The van der Waals surface area contributed by atoms with Crippen molar-refractivity contribution in [2.45, 2.75) is 6.92 Å². The molecule has 0 heterocycles. The van der Waals surface area contributed by atoms with Gasteiger partial charge in [0.2, 0.25) is 0 Å². The van der Waals surface area contributed by atoms with Gasteiger partial charge in [-0.25, -0.2) is 4.39 Å². The largest absolute Gasteiger partial charge is 0.278 e. The van der Waals surface area contributed by atoms with Gasteiger partial charge in [-0.2, -0.15) is 5.10 Å². The quantitative estimate of drug-likeness (QED) is 0.510. The molecule has 0 saturated carbocycles. The molecule has 0 atom stereocenters. The van der Waals surface area contributed by atoms with Crippen molar-refractivity contribution in [2.24, 2.45) is 5.10 Å². The molecule has 22 heavy (non-hydrogen) atoms. The van der Waals surface area contributed by atoms with Gasteiger partial charge in [-0.1, -0.05) is 24.3 Å². The summed E-state index contributed by atoms with van der Waals surface area (Å²) in [6.07, 6.45) is 3.31. The van der Waals surface area contributed by atoms with Gasteiger partial charge in [0.1, 0.15) is 5.82 Å². The molecule has 0 fully saturated rings. The fraction of sp³-hybridized carbons (Fsp3) is 0.0625. The molecule has 0 aliphatic carbocycles. The number of allylic oxidation sites excluding steroid dienone is 1. The van der Waals surface area contributed by atoms with Crippen molar-refractivity contribution in [1.82, 2.24) is 0 Å². The first-order valence-corrected chi connectivity index (χ1v) is 6.53. The second-order valence-electron chi connectivity index (χ2n) is 4.52. The zero-order chi connectivity index (χ0) is 15.9. The number of non-ortho nitro benzene ring substituents is 1. The Hall–Kier alpha value is -3.02. The fourth-order valence-electron chi connectivity index (χ4n) is 1.67. The smallest absolute Gasteiger partial charge is 0.269 e. The maximum Gasteiger partial charge on any atom is 0.269 e. The number of nitro groups is 1. The number of rotatable bonds is 5. The van der Waals surface area contributed by atoms with E-state index in [4.69, 9.17) is 0 Å². The Balaban J connectivity index is 2.00. The van der Waals surface area contributed by atoms with Gasteiger partial charge >= 0.3 is 0 Å². The molecule has 0 spiro atoms. The van der Waals surface area contributed by atoms with E-state index in [1.165, 1.54) is 18.2 Å². The van der Waals surface area contributed by atoms with E-state index in [9.17, 15) is 14.5 Å². The third-order valence-electron chi connectivity index (χ3n) is 2.85. The Bertz CT molecular complexity index is 724. The maximum absolute atomic E-state index is 13.4. The van der Waals surface area contributed by atoms with Crippen LogP contribution in [0, 0.1) is 15.9 Å². The van der Waals surface area contributed by atoms with Crippen LogP contribution in [0.3, 0.4) is 0 Å². The summed E-state index contributed by atoms with van der Waals surface area (Å²) in [6, 6.07) is 12.4. The molecule has 2 aromatic carbocycles. The van der Waals surface area contributed by atoms with Crippen LogP contribution in [0.25, 0.3) is 6.08 Å². The van der Waals surface area contributed by atoms with Crippen molar-refractivity contribution in [3.63, 3.8) is 0 Å². The van der Waals surface area contributed by atoms with E-state index < -0.39 is 4.92 Å². The summed E-state index contributed by atoms with van der Waals surface area (Å²) >= 11 is 0. The van der Waals surface area contributed by atoms with Gasteiger partial charge in [-0.05, 0) is 31.2 Å². The molecule has 6 heteroatoms. The van der Waals surface area contributed by atoms with Crippen molar-refractivity contribution >= 4 is 23.2 Å². The Morgan fingerprint density at radius 2 is 1.91 bits per heavy atom. The molecule has 0 unspecified atom stereocenters. The van der Waals surface area contributed by atoms with Crippen molar-refractivity contribution < 1.29 is 9.31 Å². The first kappa shape index (κ1) is 15.4. The van der Waals surface area contributed by atoms with Gasteiger partial charge in [0.25, 0.3) is 5.69 Å². The van der Waals surface area contributed by atoms with Crippen LogP contribution in [0.2, 0.25) is 0 Å². The summed E-state index contributed by atoms with van der Waals surface area (Å²) in [5, 5.41) is 14.6. The molecule has 0 bridgehead atoms. The van der Waals surface area contributed by atoms with E-state index in [2.05, 4.69) is 10.5 Å². The summed E-state index contributed by atoms with van der Waals surface area (Å²) in [7, 11) is 0. The number of halogens is 1. The second kappa shape index (κ2) is 7.12. The lowest BCUT2D eigenvalue weighted by atomic mass is 10.2. The zero-order valence-electron chi connectivity index (χ0n) is 11.9. The molecule has 0 aromatic heterocycles. The lowest BCUT2D eigenvalue weighted by Gasteiger charge is -2.00. The molecule has 0 aliphatic rings. The van der Waals surface area contributed by atoms with Crippen LogP contribution in [-0.2, 0) is 0 Å². The SMILES string of the molecule is CC(C=Cc1ccccc1F)=NNc1ccc([N+](=O)[O-])cc1. The number of nitrogens with zero attached hydrogens (tertiary/aromatic N) is 2. The lowest BCUT2D eigenvalue weighted by molar-refractivity contribution is -0.384. The van der Waals surface area contributed by atoms with Crippen LogP contribution >= 0.6 is 0 Å². The molecule has 2 rings (SSSR count).